The third-order valence-corrected chi connectivity index (χ3v) is 5.67. The van der Waals surface area contributed by atoms with Crippen LogP contribution < -0.4 is 0 Å². The molecule has 2 N–H and O–H groups in total. The number of thiophene rings is 1. The number of halogens is 6. The van der Waals surface area contributed by atoms with E-state index < -0.39 is 24.3 Å². The topological polar surface area (TPSA) is 109 Å². The Balaban J connectivity index is 0.000000404. The molecule has 2 aromatic heterocycles. The van der Waals surface area contributed by atoms with Gasteiger partial charge in [-0.2, -0.15) is 26.3 Å². The molecule has 0 unspecified atom stereocenters. The number of methoxy groups -OCH3 is 1. The minimum Gasteiger partial charge on any atom is -0.475 e. The molecule has 2 atom stereocenters. The van der Waals surface area contributed by atoms with Crippen LogP contribution in [0.15, 0.2) is 42.0 Å². The molecule has 0 bridgehead atoms. The van der Waals surface area contributed by atoms with Crippen LogP contribution >= 0.6 is 11.3 Å². The molecule has 0 radical (unpaired) electrons. The maximum absolute atomic E-state index is 10.6. The summed E-state index contributed by atoms with van der Waals surface area (Å²) in [5, 5.41) is 16.4. The van der Waals surface area contributed by atoms with Gasteiger partial charge in [0.2, 0.25) is 0 Å². The average molecular weight is 561 g/mol. The van der Waals surface area contributed by atoms with Crippen LogP contribution in [0.2, 0.25) is 0 Å². The molecule has 208 valence electrons. The summed E-state index contributed by atoms with van der Waals surface area (Å²) in [6.07, 6.45) is -4.04. The summed E-state index contributed by atoms with van der Waals surface area (Å²) in [6, 6.07) is 8.90. The van der Waals surface area contributed by atoms with Crippen LogP contribution in [0.25, 0.3) is 0 Å². The van der Waals surface area contributed by atoms with Crippen molar-refractivity contribution in [3.05, 3.63) is 52.5 Å². The van der Waals surface area contributed by atoms with Crippen LogP contribution in [-0.4, -0.2) is 83.4 Å². The van der Waals surface area contributed by atoms with Crippen LogP contribution in [0.4, 0.5) is 26.3 Å². The quantitative estimate of drug-likeness (QED) is 0.364. The summed E-state index contributed by atoms with van der Waals surface area (Å²) in [4.78, 5) is 26.0. The molecule has 0 amide bonds. The lowest BCUT2D eigenvalue weighted by Crippen LogP contribution is -2.38. The molecule has 2 aromatic rings. The molecule has 1 saturated heterocycles. The van der Waals surface area contributed by atoms with E-state index >= 15 is 0 Å². The first-order valence-electron chi connectivity index (χ1n) is 10.6. The third kappa shape index (κ3) is 12.9. The molecular formula is C22H26F6N2O6S. The Morgan fingerprint density at radius 3 is 2.16 bits per heavy atom. The Bertz CT molecular complexity index is 904. The fourth-order valence-corrected chi connectivity index (χ4v) is 3.91. The smallest absolute Gasteiger partial charge is 0.475 e. The number of ether oxygens (including phenoxy) is 2. The van der Waals surface area contributed by atoms with Gasteiger partial charge in [0.1, 0.15) is 0 Å². The maximum Gasteiger partial charge on any atom is 0.490 e. The highest BCUT2D eigenvalue weighted by Crippen LogP contribution is 2.27. The van der Waals surface area contributed by atoms with E-state index in [2.05, 4.69) is 33.5 Å². The van der Waals surface area contributed by atoms with Gasteiger partial charge < -0.3 is 19.7 Å². The predicted molar refractivity (Wildman–Crippen MR) is 120 cm³/mol. The summed E-state index contributed by atoms with van der Waals surface area (Å²) in [5.74, 6) is -5.51. The van der Waals surface area contributed by atoms with Crippen molar-refractivity contribution in [3.8, 4) is 0 Å². The van der Waals surface area contributed by atoms with E-state index in [1.807, 2.05) is 29.8 Å². The van der Waals surface area contributed by atoms with Gasteiger partial charge in [0, 0.05) is 43.5 Å². The van der Waals surface area contributed by atoms with E-state index in [1.165, 1.54) is 10.4 Å². The third-order valence-electron chi connectivity index (χ3n) is 4.81. The van der Waals surface area contributed by atoms with E-state index in [-0.39, 0.29) is 6.10 Å². The van der Waals surface area contributed by atoms with Crippen molar-refractivity contribution in [2.45, 2.75) is 43.9 Å². The number of carboxylic acid groups (broad SMARTS) is 2. The van der Waals surface area contributed by atoms with Crippen molar-refractivity contribution < 1.29 is 55.6 Å². The zero-order valence-corrected chi connectivity index (χ0v) is 20.4. The Morgan fingerprint density at radius 1 is 1.08 bits per heavy atom. The first-order valence-corrected chi connectivity index (χ1v) is 11.5. The van der Waals surface area contributed by atoms with Crippen molar-refractivity contribution >= 4 is 23.3 Å². The van der Waals surface area contributed by atoms with E-state index in [9.17, 15) is 26.3 Å². The van der Waals surface area contributed by atoms with Crippen molar-refractivity contribution in [1.82, 2.24) is 9.88 Å². The fourth-order valence-electron chi connectivity index (χ4n) is 3.18. The molecule has 1 aliphatic heterocycles. The molecule has 0 saturated carbocycles. The number of aliphatic carboxylic acids is 2. The Labute approximate surface area is 212 Å². The SMILES string of the molecule is COCCO[C@H]1CCN(Cc2cccs2)[C@H]1Cc1cccnc1.O=C(O)C(F)(F)F.O=C(O)C(F)(F)F. The molecule has 0 aliphatic carbocycles. The number of rotatable bonds is 8. The number of hydrogen-bond acceptors (Lipinski definition) is 7. The summed E-state index contributed by atoms with van der Waals surface area (Å²) in [7, 11) is 1.72. The van der Waals surface area contributed by atoms with E-state index in [4.69, 9.17) is 29.3 Å². The first kappa shape index (κ1) is 32.3. The van der Waals surface area contributed by atoms with Gasteiger partial charge in [0.15, 0.2) is 0 Å². The van der Waals surface area contributed by atoms with Gasteiger partial charge in [0.05, 0.1) is 19.3 Å². The summed E-state index contributed by atoms with van der Waals surface area (Å²) < 4.78 is 74.7. The highest BCUT2D eigenvalue weighted by atomic mass is 32.1. The summed E-state index contributed by atoms with van der Waals surface area (Å²) >= 11 is 1.83. The van der Waals surface area contributed by atoms with Gasteiger partial charge in [-0.25, -0.2) is 9.59 Å². The molecule has 37 heavy (non-hydrogen) atoms. The second-order valence-electron chi connectivity index (χ2n) is 7.48. The van der Waals surface area contributed by atoms with Gasteiger partial charge in [-0.3, -0.25) is 9.88 Å². The molecule has 0 spiro atoms. The fraction of sp³-hybridized carbons (Fsp3) is 0.500. The van der Waals surface area contributed by atoms with E-state index in [0.29, 0.717) is 19.3 Å². The molecule has 1 fully saturated rings. The van der Waals surface area contributed by atoms with E-state index in [0.717, 1.165) is 25.9 Å². The van der Waals surface area contributed by atoms with Crippen LogP contribution in [0, 0.1) is 0 Å². The Kier molecular flexibility index (Phi) is 13.5. The second-order valence-corrected chi connectivity index (χ2v) is 8.51. The van der Waals surface area contributed by atoms with E-state index in [1.54, 1.807) is 7.11 Å². The van der Waals surface area contributed by atoms with Gasteiger partial charge in [-0.15, -0.1) is 11.3 Å². The highest BCUT2D eigenvalue weighted by Gasteiger charge is 2.39. The normalized spacial score (nSPS) is 17.8. The van der Waals surface area contributed by atoms with Gasteiger partial charge in [-0.1, -0.05) is 12.1 Å². The molecule has 0 aromatic carbocycles. The second kappa shape index (κ2) is 15.5. The number of alkyl halides is 6. The number of likely N-dealkylation sites (tertiary alicyclic amines) is 1. The molecule has 3 rings (SSSR count). The largest absolute Gasteiger partial charge is 0.490 e. The monoisotopic (exact) mass is 560 g/mol. The van der Waals surface area contributed by atoms with Crippen molar-refractivity contribution in [2.24, 2.45) is 0 Å². The van der Waals surface area contributed by atoms with Gasteiger partial charge >= 0.3 is 24.3 Å². The van der Waals surface area contributed by atoms with Gasteiger partial charge in [0.25, 0.3) is 0 Å². The molecule has 3 heterocycles. The summed E-state index contributed by atoms with van der Waals surface area (Å²) in [6.45, 7) is 3.41. The lowest BCUT2D eigenvalue weighted by molar-refractivity contribution is -0.193. The molecular weight excluding hydrogens is 534 g/mol. The zero-order valence-electron chi connectivity index (χ0n) is 19.5. The molecule has 15 heteroatoms. The molecule has 1 aliphatic rings. The lowest BCUT2D eigenvalue weighted by Gasteiger charge is -2.28. The van der Waals surface area contributed by atoms with Crippen LogP contribution in [0.1, 0.15) is 16.9 Å². The Morgan fingerprint density at radius 2 is 1.70 bits per heavy atom. The van der Waals surface area contributed by atoms with Gasteiger partial charge in [-0.05, 0) is 35.9 Å². The van der Waals surface area contributed by atoms with Crippen molar-refractivity contribution in [2.75, 3.05) is 26.9 Å². The first-order chi connectivity index (χ1) is 17.3. The summed E-state index contributed by atoms with van der Waals surface area (Å²) in [5.41, 5.74) is 1.27. The van der Waals surface area contributed by atoms with Crippen molar-refractivity contribution in [3.63, 3.8) is 0 Å². The zero-order chi connectivity index (χ0) is 28.1. The standard InChI is InChI=1S/C18H24N2O2S.2C2HF3O2/c1-21-9-10-22-18-6-8-20(14-16-5-3-11-23-16)17(18)12-15-4-2-7-19-13-15;2*3-2(4,5)1(6)7/h2-5,7,11,13,17-18H,6,8-10,12,14H2,1H3;2*(H,6,7)/t17-,18-;;/m0../s1. The maximum atomic E-state index is 10.6. The minimum atomic E-state index is -5.08. The van der Waals surface area contributed by atoms with Crippen LogP contribution in [-0.2, 0) is 32.0 Å². The van der Waals surface area contributed by atoms with Crippen molar-refractivity contribution in [1.29, 1.82) is 0 Å². The van der Waals surface area contributed by atoms with Crippen LogP contribution in [0.3, 0.4) is 0 Å². The minimum absolute atomic E-state index is 0.269. The number of hydrogen-bond donors (Lipinski definition) is 2. The highest BCUT2D eigenvalue weighted by molar-refractivity contribution is 7.09. The number of nitrogens with zero attached hydrogens (tertiary/aromatic N) is 2. The number of carbonyl (C=O) groups is 2. The molecule has 8 nitrogen and oxygen atoms in total. The number of carboxylic acids is 2. The number of aromatic nitrogens is 1. The Hall–Kier alpha value is -2.75. The number of pyridine rings is 1. The lowest BCUT2D eigenvalue weighted by atomic mass is 10.0. The average Bonchev–Trinajstić information content (AvgIpc) is 3.45. The van der Waals surface area contributed by atoms with Crippen LogP contribution in [0.5, 0.6) is 0 Å². The predicted octanol–water partition coefficient (Wildman–Crippen LogP) is 4.26.